The number of carbonyl (C=O) groups excluding carboxylic acids is 1. The predicted octanol–water partition coefficient (Wildman–Crippen LogP) is 4.20. The number of aromatic nitrogens is 1. The van der Waals surface area contributed by atoms with E-state index in [0.717, 1.165) is 18.8 Å². The molecule has 0 saturated carbocycles. The molecule has 0 spiro atoms. The minimum absolute atomic E-state index is 0.0416. The van der Waals surface area contributed by atoms with E-state index in [4.69, 9.17) is 4.42 Å². The van der Waals surface area contributed by atoms with Gasteiger partial charge < -0.3 is 14.4 Å². The first-order valence-electron chi connectivity index (χ1n) is 9.23. The van der Waals surface area contributed by atoms with Crippen LogP contribution in [-0.4, -0.2) is 29.0 Å². The van der Waals surface area contributed by atoms with Crippen LogP contribution in [0.25, 0.3) is 33.3 Å². The van der Waals surface area contributed by atoms with Crippen LogP contribution in [0.2, 0.25) is 0 Å². The molecule has 4 rings (SSSR count). The van der Waals surface area contributed by atoms with Crippen LogP contribution in [0.4, 0.5) is 5.69 Å². The summed E-state index contributed by atoms with van der Waals surface area (Å²) < 4.78 is 6.07. The molecule has 28 heavy (non-hydrogen) atoms. The van der Waals surface area contributed by atoms with Crippen LogP contribution in [0.5, 0.6) is 5.75 Å². The zero-order valence-corrected chi connectivity index (χ0v) is 15.9. The van der Waals surface area contributed by atoms with Crippen LogP contribution < -0.4 is 10.3 Å². The average Bonchev–Trinajstić information content (AvgIpc) is 2.67. The summed E-state index contributed by atoms with van der Waals surface area (Å²) in [4.78, 5) is 32.0. The van der Waals surface area contributed by atoms with Crippen LogP contribution in [0.3, 0.4) is 0 Å². The summed E-state index contributed by atoms with van der Waals surface area (Å²) in [6.07, 6.45) is 0. The molecule has 2 aliphatic rings. The van der Waals surface area contributed by atoms with Crippen molar-refractivity contribution in [2.45, 2.75) is 20.8 Å². The molecule has 2 aromatic carbocycles. The van der Waals surface area contributed by atoms with Crippen molar-refractivity contribution in [3.8, 4) is 17.2 Å². The van der Waals surface area contributed by atoms with E-state index in [1.807, 2.05) is 18.2 Å². The normalized spacial score (nSPS) is 11.4. The summed E-state index contributed by atoms with van der Waals surface area (Å²) in [7, 11) is 0. The molecule has 2 aromatic rings. The van der Waals surface area contributed by atoms with Gasteiger partial charge in [0.1, 0.15) is 22.5 Å². The van der Waals surface area contributed by atoms with Crippen molar-refractivity contribution >= 4 is 33.3 Å². The van der Waals surface area contributed by atoms with E-state index in [9.17, 15) is 14.7 Å². The number of anilines is 1. The number of fused-ring (bicyclic) bond motifs is 4. The van der Waals surface area contributed by atoms with Crippen LogP contribution >= 0.6 is 0 Å². The lowest BCUT2D eigenvalue weighted by Crippen LogP contribution is -2.21. The maximum Gasteiger partial charge on any atom is 0.201 e. The molecule has 0 unspecified atom stereocenters. The molecule has 0 saturated heterocycles. The van der Waals surface area contributed by atoms with E-state index in [-0.39, 0.29) is 22.5 Å². The number of hydrogen-bond donors (Lipinski definition) is 1. The van der Waals surface area contributed by atoms with Gasteiger partial charge in [-0.05, 0) is 51.1 Å². The Morgan fingerprint density at radius 3 is 2.54 bits per heavy atom. The molecule has 0 bridgehead atoms. The van der Waals surface area contributed by atoms with Crippen molar-refractivity contribution < 1.29 is 14.3 Å². The zero-order chi connectivity index (χ0) is 20.0. The molecule has 0 fully saturated rings. The highest BCUT2D eigenvalue weighted by molar-refractivity contribution is 6.08. The molecule has 0 aromatic heterocycles. The SMILES string of the molecule is CCN(CC)c1ccc2nc3c4ccc(O)cc4c(=O)c(C(C)=O)c-3oc2c1. The third-order valence-electron chi connectivity index (χ3n) is 5.04. The Hall–Kier alpha value is -3.41. The van der Waals surface area contributed by atoms with Crippen molar-refractivity contribution in [3.63, 3.8) is 0 Å². The summed E-state index contributed by atoms with van der Waals surface area (Å²) in [5.41, 5.74) is 2.05. The van der Waals surface area contributed by atoms with E-state index in [1.54, 1.807) is 6.07 Å². The quantitative estimate of drug-likeness (QED) is 0.326. The van der Waals surface area contributed by atoms with Gasteiger partial charge in [0.2, 0.25) is 5.43 Å². The monoisotopic (exact) mass is 376 g/mol. The van der Waals surface area contributed by atoms with E-state index in [1.165, 1.54) is 19.1 Å². The molecule has 6 heteroatoms. The van der Waals surface area contributed by atoms with Crippen molar-refractivity contribution in [1.29, 1.82) is 0 Å². The minimum Gasteiger partial charge on any atom is -0.508 e. The second kappa shape index (κ2) is 6.64. The number of phenols is 1. The van der Waals surface area contributed by atoms with Gasteiger partial charge in [-0.1, -0.05) is 0 Å². The topological polar surface area (TPSA) is 83.6 Å². The summed E-state index contributed by atoms with van der Waals surface area (Å²) in [6, 6.07) is 10.2. The summed E-state index contributed by atoms with van der Waals surface area (Å²) >= 11 is 0. The summed E-state index contributed by atoms with van der Waals surface area (Å²) in [5, 5.41) is 10.6. The van der Waals surface area contributed by atoms with Crippen molar-refractivity contribution in [3.05, 3.63) is 52.2 Å². The number of phenolic OH excluding ortho intramolecular Hbond substituents is 1. The second-order valence-corrected chi connectivity index (χ2v) is 6.71. The molecule has 1 N–H and O–H groups in total. The van der Waals surface area contributed by atoms with Gasteiger partial charge in [0, 0.05) is 35.6 Å². The largest absolute Gasteiger partial charge is 0.508 e. The fraction of sp³-hybridized carbons (Fsp3) is 0.227. The lowest BCUT2D eigenvalue weighted by molar-refractivity contribution is 0.101. The van der Waals surface area contributed by atoms with Crippen molar-refractivity contribution in [1.82, 2.24) is 4.98 Å². The van der Waals surface area contributed by atoms with Crippen LogP contribution in [0.15, 0.2) is 45.6 Å². The molecular weight excluding hydrogens is 356 g/mol. The molecule has 1 aliphatic heterocycles. The van der Waals surface area contributed by atoms with Crippen LogP contribution in [-0.2, 0) is 0 Å². The number of aromatic hydroxyl groups is 1. The lowest BCUT2D eigenvalue weighted by Gasteiger charge is -2.21. The highest BCUT2D eigenvalue weighted by atomic mass is 16.3. The third kappa shape index (κ3) is 2.69. The van der Waals surface area contributed by atoms with E-state index in [0.29, 0.717) is 22.2 Å². The number of carbonyl (C=O) groups is 1. The maximum absolute atomic E-state index is 12.9. The Morgan fingerprint density at radius 1 is 1.11 bits per heavy atom. The number of nitrogens with zero attached hydrogens (tertiary/aromatic N) is 2. The Labute approximate surface area is 161 Å². The van der Waals surface area contributed by atoms with Gasteiger partial charge in [-0.25, -0.2) is 4.98 Å². The zero-order valence-electron chi connectivity index (χ0n) is 15.9. The number of ketones is 1. The van der Waals surface area contributed by atoms with Gasteiger partial charge in [-0.2, -0.15) is 0 Å². The van der Waals surface area contributed by atoms with Crippen LogP contribution in [0, 0.1) is 0 Å². The van der Waals surface area contributed by atoms with Crippen molar-refractivity contribution in [2.24, 2.45) is 0 Å². The minimum atomic E-state index is -0.462. The number of Topliss-reactive ketones (excluding diaryl/α,β-unsaturated/α-hetero) is 1. The van der Waals surface area contributed by atoms with E-state index in [2.05, 4.69) is 23.7 Å². The Bertz CT molecular complexity index is 1250. The Morgan fingerprint density at radius 2 is 1.86 bits per heavy atom. The van der Waals surface area contributed by atoms with Crippen molar-refractivity contribution in [2.75, 3.05) is 18.0 Å². The Balaban J connectivity index is 2.13. The fourth-order valence-electron chi connectivity index (χ4n) is 3.63. The van der Waals surface area contributed by atoms with E-state index < -0.39 is 11.2 Å². The first-order chi connectivity index (χ1) is 13.4. The van der Waals surface area contributed by atoms with Gasteiger partial charge in [-0.3, -0.25) is 9.59 Å². The number of benzene rings is 3. The first-order valence-corrected chi connectivity index (χ1v) is 9.23. The summed E-state index contributed by atoms with van der Waals surface area (Å²) in [6.45, 7) is 7.17. The molecule has 142 valence electrons. The maximum atomic E-state index is 12.9. The second-order valence-electron chi connectivity index (χ2n) is 6.71. The first kappa shape index (κ1) is 18.0. The fourth-order valence-corrected chi connectivity index (χ4v) is 3.63. The molecule has 0 atom stereocenters. The van der Waals surface area contributed by atoms with Gasteiger partial charge in [0.25, 0.3) is 0 Å². The van der Waals surface area contributed by atoms with Gasteiger partial charge >= 0.3 is 0 Å². The van der Waals surface area contributed by atoms with E-state index >= 15 is 0 Å². The number of hydrogen-bond acceptors (Lipinski definition) is 6. The standard InChI is InChI=1S/C22H20N2O4/c1-4-24(5-2)13-6-9-17-18(10-13)28-22-19(12(3)25)21(27)16-11-14(26)7-8-15(16)20(22)23-17/h6-11,26H,4-5H2,1-3H3. The highest BCUT2D eigenvalue weighted by Crippen LogP contribution is 2.35. The molecular formula is C22H20N2O4. The highest BCUT2D eigenvalue weighted by Gasteiger charge is 2.25. The van der Waals surface area contributed by atoms with Gasteiger partial charge in [0.15, 0.2) is 17.1 Å². The average molecular weight is 376 g/mol. The van der Waals surface area contributed by atoms with Gasteiger partial charge in [-0.15, -0.1) is 0 Å². The summed E-state index contributed by atoms with van der Waals surface area (Å²) in [5.74, 6) is -0.259. The lowest BCUT2D eigenvalue weighted by atomic mass is 9.97. The number of rotatable bonds is 4. The molecule has 1 heterocycles. The van der Waals surface area contributed by atoms with Crippen LogP contribution in [0.1, 0.15) is 31.1 Å². The van der Waals surface area contributed by atoms with Gasteiger partial charge in [0.05, 0.1) is 0 Å². The molecule has 1 aliphatic carbocycles. The third-order valence-corrected chi connectivity index (χ3v) is 5.04. The molecule has 6 nitrogen and oxygen atoms in total. The molecule has 0 amide bonds. The predicted molar refractivity (Wildman–Crippen MR) is 110 cm³/mol. The smallest absolute Gasteiger partial charge is 0.201 e. The molecule has 0 radical (unpaired) electrons. The Kier molecular flexibility index (Phi) is 4.26.